The van der Waals surface area contributed by atoms with E-state index in [0.717, 1.165) is 17.1 Å². The van der Waals surface area contributed by atoms with Crippen LogP contribution in [0.1, 0.15) is 11.1 Å². The molecule has 0 amide bonds. The van der Waals surface area contributed by atoms with Crippen LogP contribution in [0, 0.1) is 0 Å². The van der Waals surface area contributed by atoms with E-state index in [-0.39, 0.29) is 0 Å². The minimum absolute atomic E-state index is 0.980. The van der Waals surface area contributed by atoms with Crippen LogP contribution in [0.4, 0.5) is 16.5 Å². The number of hydrogen-bond acceptors (Lipinski definition) is 3. The van der Waals surface area contributed by atoms with Gasteiger partial charge in [0, 0.05) is 6.42 Å². The van der Waals surface area contributed by atoms with Crippen LogP contribution in [0.5, 0.6) is 0 Å². The van der Waals surface area contributed by atoms with Gasteiger partial charge in [0.1, 0.15) is 0 Å². The molecule has 0 aliphatic carbocycles. The van der Waals surface area contributed by atoms with Crippen molar-refractivity contribution in [1.82, 2.24) is 4.98 Å². The van der Waals surface area contributed by atoms with Gasteiger partial charge >= 0.3 is 0 Å². The summed E-state index contributed by atoms with van der Waals surface area (Å²) >= 11 is 1.75. The molecule has 0 saturated carbocycles. The molecule has 0 N–H and O–H groups in total. The molecule has 0 fully saturated rings. The molecule has 1 aromatic heterocycles. The van der Waals surface area contributed by atoms with E-state index in [4.69, 9.17) is 4.98 Å². The van der Waals surface area contributed by atoms with Crippen molar-refractivity contribution in [2.45, 2.75) is 6.42 Å². The zero-order valence-corrected chi connectivity index (χ0v) is 13.3. The summed E-state index contributed by atoms with van der Waals surface area (Å²) in [6, 6.07) is 25.6. The minimum Gasteiger partial charge on any atom is -0.286 e. The van der Waals surface area contributed by atoms with E-state index >= 15 is 0 Å². The summed E-state index contributed by atoms with van der Waals surface area (Å²) < 4.78 is 1.23. The number of benzene rings is 3. The van der Waals surface area contributed by atoms with Gasteiger partial charge in [0.05, 0.1) is 21.6 Å². The van der Waals surface area contributed by atoms with Crippen LogP contribution in [0.25, 0.3) is 10.2 Å². The Hall–Kier alpha value is -2.65. The van der Waals surface area contributed by atoms with Crippen molar-refractivity contribution < 1.29 is 0 Å². The Morgan fingerprint density at radius 3 is 2.04 bits per heavy atom. The monoisotopic (exact) mass is 314 g/mol. The summed E-state index contributed by atoms with van der Waals surface area (Å²) in [5.41, 5.74) is 6.25. The quantitative estimate of drug-likeness (QED) is 0.396. The molecule has 3 heteroatoms. The highest BCUT2D eigenvalue weighted by Gasteiger charge is 2.25. The topological polar surface area (TPSA) is 16.1 Å². The van der Waals surface area contributed by atoms with Gasteiger partial charge < -0.3 is 0 Å². The molecule has 0 bridgehead atoms. The first-order valence-corrected chi connectivity index (χ1v) is 8.53. The zero-order chi connectivity index (χ0) is 15.2. The lowest BCUT2D eigenvalue weighted by atomic mass is 9.96. The molecule has 0 atom stereocenters. The second kappa shape index (κ2) is 4.93. The maximum absolute atomic E-state index is 4.88. The Labute approximate surface area is 138 Å². The highest BCUT2D eigenvalue weighted by molar-refractivity contribution is 7.22. The molecular weight excluding hydrogens is 300 g/mol. The van der Waals surface area contributed by atoms with Gasteiger partial charge in [-0.3, -0.25) is 4.90 Å². The van der Waals surface area contributed by atoms with Crippen LogP contribution in [0.15, 0.2) is 72.8 Å². The van der Waals surface area contributed by atoms with E-state index in [0.29, 0.717) is 0 Å². The Kier molecular flexibility index (Phi) is 2.76. The first kappa shape index (κ1) is 12.9. The fourth-order valence-electron chi connectivity index (χ4n) is 3.25. The van der Waals surface area contributed by atoms with Crippen molar-refractivity contribution in [3.8, 4) is 0 Å². The second-order valence-corrected chi connectivity index (χ2v) is 6.74. The minimum atomic E-state index is 0.980. The number of thiazole rings is 1. The fourth-order valence-corrected chi connectivity index (χ4v) is 4.25. The summed E-state index contributed by atoms with van der Waals surface area (Å²) in [4.78, 5) is 7.18. The molecule has 2 heterocycles. The van der Waals surface area contributed by atoms with E-state index in [1.54, 1.807) is 11.3 Å². The van der Waals surface area contributed by atoms with Gasteiger partial charge in [-0.05, 0) is 35.4 Å². The van der Waals surface area contributed by atoms with E-state index in [1.165, 1.54) is 27.2 Å². The SMILES string of the molecule is c1ccc2c(c1)Cc1ccccc1N2c1nc2ccccc2s1. The van der Waals surface area contributed by atoms with Crippen LogP contribution in [0.3, 0.4) is 0 Å². The predicted octanol–water partition coefficient (Wildman–Crippen LogP) is 5.67. The highest BCUT2D eigenvalue weighted by atomic mass is 32.1. The van der Waals surface area contributed by atoms with Crippen molar-refractivity contribution in [1.29, 1.82) is 0 Å². The normalized spacial score (nSPS) is 13.0. The Balaban J connectivity index is 1.78. The van der Waals surface area contributed by atoms with Gasteiger partial charge in [-0.15, -0.1) is 0 Å². The summed E-state index contributed by atoms with van der Waals surface area (Å²) in [5, 5.41) is 1.03. The lowest BCUT2D eigenvalue weighted by Gasteiger charge is -2.31. The van der Waals surface area contributed by atoms with Crippen LogP contribution >= 0.6 is 11.3 Å². The van der Waals surface area contributed by atoms with E-state index in [9.17, 15) is 0 Å². The smallest absolute Gasteiger partial charge is 0.195 e. The molecule has 2 nitrogen and oxygen atoms in total. The third-order valence-electron chi connectivity index (χ3n) is 4.32. The molecule has 1 aliphatic heterocycles. The lowest BCUT2D eigenvalue weighted by molar-refractivity contribution is 1.08. The van der Waals surface area contributed by atoms with Gasteiger partial charge in [-0.2, -0.15) is 0 Å². The van der Waals surface area contributed by atoms with E-state index < -0.39 is 0 Å². The Morgan fingerprint density at radius 1 is 0.739 bits per heavy atom. The second-order valence-electron chi connectivity index (χ2n) is 5.73. The number of nitrogens with zero attached hydrogens (tertiary/aromatic N) is 2. The molecule has 23 heavy (non-hydrogen) atoms. The van der Waals surface area contributed by atoms with Gasteiger partial charge in [0.25, 0.3) is 0 Å². The van der Waals surface area contributed by atoms with Crippen molar-refractivity contribution >= 4 is 38.1 Å². The van der Waals surface area contributed by atoms with E-state index in [1.807, 2.05) is 6.07 Å². The lowest BCUT2D eigenvalue weighted by Crippen LogP contribution is -2.18. The molecule has 110 valence electrons. The number of anilines is 3. The van der Waals surface area contributed by atoms with Gasteiger partial charge in [0.15, 0.2) is 5.13 Å². The number of fused-ring (bicyclic) bond motifs is 3. The first-order chi connectivity index (χ1) is 11.4. The standard InChI is InChI=1S/C20H14N2S/c1-4-10-17-14(7-1)13-15-8-2-5-11-18(15)22(17)20-21-16-9-3-6-12-19(16)23-20/h1-12H,13H2. The third-order valence-corrected chi connectivity index (χ3v) is 5.34. The van der Waals surface area contributed by atoms with Crippen LogP contribution in [-0.2, 0) is 6.42 Å². The highest BCUT2D eigenvalue weighted by Crippen LogP contribution is 2.45. The summed E-state index contributed by atoms with van der Waals surface area (Å²) in [5.74, 6) is 0. The van der Waals surface area contributed by atoms with E-state index in [2.05, 4.69) is 71.6 Å². The molecule has 4 aromatic rings. The first-order valence-electron chi connectivity index (χ1n) is 7.72. The largest absolute Gasteiger partial charge is 0.286 e. The predicted molar refractivity (Wildman–Crippen MR) is 97.1 cm³/mol. The number of para-hydroxylation sites is 3. The molecule has 1 aliphatic rings. The molecule has 0 unspecified atom stereocenters. The van der Waals surface area contributed by atoms with Crippen molar-refractivity contribution in [2.75, 3.05) is 4.90 Å². The number of rotatable bonds is 1. The van der Waals surface area contributed by atoms with Gasteiger partial charge in [0.2, 0.25) is 0 Å². The Morgan fingerprint density at radius 2 is 1.35 bits per heavy atom. The van der Waals surface area contributed by atoms with Crippen molar-refractivity contribution in [2.24, 2.45) is 0 Å². The summed E-state index contributed by atoms with van der Waals surface area (Å²) in [7, 11) is 0. The van der Waals surface area contributed by atoms with Crippen LogP contribution in [-0.4, -0.2) is 4.98 Å². The fraction of sp³-hybridized carbons (Fsp3) is 0.0500. The van der Waals surface area contributed by atoms with Crippen LogP contribution < -0.4 is 4.90 Å². The molecule has 0 spiro atoms. The zero-order valence-electron chi connectivity index (χ0n) is 12.4. The third kappa shape index (κ3) is 1.97. The van der Waals surface area contributed by atoms with Crippen LogP contribution in [0.2, 0.25) is 0 Å². The van der Waals surface area contributed by atoms with Gasteiger partial charge in [-0.1, -0.05) is 59.9 Å². The molecular formula is C20H14N2S. The summed E-state index contributed by atoms with van der Waals surface area (Å²) in [6.45, 7) is 0. The maximum Gasteiger partial charge on any atom is 0.195 e. The summed E-state index contributed by atoms with van der Waals surface area (Å²) in [6.07, 6.45) is 0.980. The Bertz CT molecular complexity index is 940. The van der Waals surface area contributed by atoms with Crippen molar-refractivity contribution in [3.05, 3.63) is 83.9 Å². The van der Waals surface area contributed by atoms with Gasteiger partial charge in [-0.25, -0.2) is 4.98 Å². The van der Waals surface area contributed by atoms with Crippen molar-refractivity contribution in [3.63, 3.8) is 0 Å². The average molecular weight is 314 g/mol. The molecule has 0 saturated heterocycles. The number of aromatic nitrogens is 1. The molecule has 3 aromatic carbocycles. The molecule has 5 rings (SSSR count). The number of hydrogen-bond donors (Lipinski definition) is 0. The molecule has 0 radical (unpaired) electrons. The average Bonchev–Trinajstić information content (AvgIpc) is 3.03. The maximum atomic E-state index is 4.88.